The second-order valence-corrected chi connectivity index (χ2v) is 5.03. The normalized spacial score (nSPS) is 11.1. The second-order valence-electron chi connectivity index (χ2n) is 4.20. The molecule has 0 aliphatic heterocycles. The van der Waals surface area contributed by atoms with Crippen molar-refractivity contribution in [3.8, 4) is 11.4 Å². The van der Waals surface area contributed by atoms with E-state index >= 15 is 0 Å². The first kappa shape index (κ1) is 13.7. The van der Waals surface area contributed by atoms with Gasteiger partial charge in [0.1, 0.15) is 0 Å². The maximum Gasteiger partial charge on any atom is 0.216 e. The molecule has 0 fully saturated rings. The van der Waals surface area contributed by atoms with Crippen molar-refractivity contribution >= 4 is 30.0 Å². The Morgan fingerprint density at radius 3 is 2.76 bits per heavy atom. The fourth-order valence-corrected chi connectivity index (χ4v) is 2.07. The van der Waals surface area contributed by atoms with Crippen molar-refractivity contribution in [2.45, 2.75) is 0 Å². The first-order chi connectivity index (χ1) is 10.2. The lowest BCUT2D eigenvalue weighted by atomic mass is 10.2. The molecule has 2 heterocycles. The summed E-state index contributed by atoms with van der Waals surface area (Å²) in [7, 11) is 0. The van der Waals surface area contributed by atoms with Crippen LogP contribution in [0.5, 0.6) is 0 Å². The van der Waals surface area contributed by atoms with E-state index in [9.17, 15) is 0 Å². The summed E-state index contributed by atoms with van der Waals surface area (Å²) in [6, 6.07) is 11.1. The zero-order chi connectivity index (χ0) is 14.7. The molecule has 0 bridgehead atoms. The van der Waals surface area contributed by atoms with E-state index in [2.05, 4.69) is 20.3 Å². The fourth-order valence-electron chi connectivity index (χ4n) is 1.76. The molecule has 0 aliphatic rings. The fraction of sp³-hybridized carbons (Fsp3) is 0. The number of aromatic nitrogens is 4. The second kappa shape index (κ2) is 5.99. The third-order valence-corrected chi connectivity index (χ3v) is 3.28. The number of rotatable bonds is 3. The van der Waals surface area contributed by atoms with Crippen molar-refractivity contribution in [1.29, 1.82) is 0 Å². The van der Waals surface area contributed by atoms with Crippen LogP contribution in [-0.2, 0) is 0 Å². The third kappa shape index (κ3) is 3.07. The third-order valence-electron chi connectivity index (χ3n) is 2.76. The number of H-pyrrole nitrogens is 1. The van der Waals surface area contributed by atoms with Crippen LogP contribution in [0.25, 0.3) is 11.4 Å². The minimum atomic E-state index is 0.417. The smallest absolute Gasteiger partial charge is 0.216 e. The molecule has 0 spiro atoms. The Bertz CT molecular complexity index is 821. The van der Waals surface area contributed by atoms with E-state index in [1.807, 2.05) is 24.3 Å². The van der Waals surface area contributed by atoms with Crippen molar-refractivity contribution in [3.63, 3.8) is 0 Å². The number of benzene rings is 1. The van der Waals surface area contributed by atoms with E-state index < -0.39 is 0 Å². The highest BCUT2D eigenvalue weighted by Gasteiger charge is 2.07. The van der Waals surface area contributed by atoms with Crippen molar-refractivity contribution in [1.82, 2.24) is 19.9 Å². The molecule has 5 nitrogen and oxygen atoms in total. The highest BCUT2D eigenvalue weighted by molar-refractivity contribution is 7.71. The van der Waals surface area contributed by atoms with Gasteiger partial charge in [-0.05, 0) is 42.5 Å². The Morgan fingerprint density at radius 1 is 1.24 bits per heavy atom. The Balaban J connectivity index is 2.00. The Morgan fingerprint density at radius 2 is 2.05 bits per heavy atom. The predicted molar refractivity (Wildman–Crippen MR) is 85.1 cm³/mol. The van der Waals surface area contributed by atoms with Gasteiger partial charge in [-0.2, -0.15) is 14.9 Å². The van der Waals surface area contributed by atoms with Crippen LogP contribution in [0, 0.1) is 4.77 Å². The molecule has 7 heteroatoms. The standard InChI is InChI=1S/C14H10ClN5S/c15-12-5-3-11(4-6-12)13-18-19-14(21)20(13)17-9-10-2-1-7-16-8-10/h1-9H,(H,19,21). The Hall–Kier alpha value is -2.31. The molecule has 0 atom stereocenters. The summed E-state index contributed by atoms with van der Waals surface area (Å²) in [4.78, 5) is 4.03. The Kier molecular flexibility index (Phi) is 3.89. The highest BCUT2D eigenvalue weighted by atomic mass is 35.5. The van der Waals surface area contributed by atoms with E-state index in [0.29, 0.717) is 15.6 Å². The van der Waals surface area contributed by atoms with Gasteiger partial charge in [0.05, 0.1) is 6.21 Å². The van der Waals surface area contributed by atoms with E-state index in [4.69, 9.17) is 23.8 Å². The number of halogens is 1. The average molecular weight is 316 g/mol. The molecule has 0 radical (unpaired) electrons. The molecular weight excluding hydrogens is 306 g/mol. The van der Waals surface area contributed by atoms with E-state index in [0.717, 1.165) is 11.1 Å². The van der Waals surface area contributed by atoms with Crippen LogP contribution in [-0.4, -0.2) is 26.1 Å². The predicted octanol–water partition coefficient (Wildman–Crippen LogP) is 3.54. The molecule has 0 aliphatic carbocycles. The minimum absolute atomic E-state index is 0.417. The molecule has 21 heavy (non-hydrogen) atoms. The minimum Gasteiger partial charge on any atom is -0.264 e. The number of nitrogens with zero attached hydrogens (tertiary/aromatic N) is 4. The van der Waals surface area contributed by atoms with Crippen LogP contribution in [0.1, 0.15) is 5.56 Å². The quantitative estimate of drug-likeness (QED) is 0.594. The summed E-state index contributed by atoms with van der Waals surface area (Å²) in [6.45, 7) is 0. The van der Waals surface area contributed by atoms with Gasteiger partial charge >= 0.3 is 0 Å². The molecule has 0 unspecified atom stereocenters. The SMILES string of the molecule is S=c1[nH]nc(-c2ccc(Cl)cc2)n1N=Cc1cccnc1. The molecule has 2 aromatic heterocycles. The lowest BCUT2D eigenvalue weighted by Crippen LogP contribution is -1.95. The van der Waals surface area contributed by atoms with E-state index in [1.54, 1.807) is 35.4 Å². The van der Waals surface area contributed by atoms with Gasteiger partial charge < -0.3 is 0 Å². The molecule has 0 saturated carbocycles. The number of pyridine rings is 1. The molecular formula is C14H10ClN5S. The molecule has 104 valence electrons. The molecule has 1 aromatic carbocycles. The monoisotopic (exact) mass is 315 g/mol. The van der Waals surface area contributed by atoms with Crippen LogP contribution in [0.3, 0.4) is 0 Å². The first-order valence-corrected chi connectivity index (χ1v) is 6.90. The summed E-state index contributed by atoms with van der Waals surface area (Å²) in [6.07, 6.45) is 5.10. The summed E-state index contributed by atoms with van der Waals surface area (Å²) >= 11 is 11.1. The maximum absolute atomic E-state index is 5.89. The highest BCUT2D eigenvalue weighted by Crippen LogP contribution is 2.19. The van der Waals surface area contributed by atoms with Gasteiger partial charge in [0.15, 0.2) is 5.82 Å². The van der Waals surface area contributed by atoms with E-state index in [1.165, 1.54) is 0 Å². The lowest BCUT2D eigenvalue weighted by molar-refractivity contribution is 0.871. The largest absolute Gasteiger partial charge is 0.264 e. The number of hydrogen-bond acceptors (Lipinski definition) is 4. The zero-order valence-corrected chi connectivity index (χ0v) is 12.3. The molecule has 0 amide bonds. The number of aromatic amines is 1. The van der Waals surface area contributed by atoms with Gasteiger partial charge in [0, 0.05) is 28.5 Å². The van der Waals surface area contributed by atoms with Gasteiger partial charge in [0.2, 0.25) is 4.77 Å². The van der Waals surface area contributed by atoms with Crippen LogP contribution < -0.4 is 0 Å². The molecule has 3 aromatic rings. The zero-order valence-electron chi connectivity index (χ0n) is 10.8. The van der Waals surface area contributed by atoms with Crippen molar-refractivity contribution in [3.05, 3.63) is 64.1 Å². The summed E-state index contributed by atoms with van der Waals surface area (Å²) in [5.74, 6) is 0.622. The van der Waals surface area contributed by atoms with Crippen molar-refractivity contribution in [2.75, 3.05) is 0 Å². The summed E-state index contributed by atoms with van der Waals surface area (Å²) < 4.78 is 1.98. The molecule has 1 N–H and O–H groups in total. The van der Waals surface area contributed by atoms with Crippen LogP contribution in [0.2, 0.25) is 5.02 Å². The average Bonchev–Trinajstić information content (AvgIpc) is 2.88. The van der Waals surface area contributed by atoms with Gasteiger partial charge in [-0.3, -0.25) is 4.98 Å². The van der Waals surface area contributed by atoms with Gasteiger partial charge in [-0.25, -0.2) is 5.10 Å². The molecule has 3 rings (SSSR count). The summed E-state index contributed by atoms with van der Waals surface area (Å²) in [5.41, 5.74) is 1.75. The topological polar surface area (TPSA) is 58.9 Å². The van der Waals surface area contributed by atoms with E-state index in [-0.39, 0.29) is 0 Å². The number of hydrogen-bond donors (Lipinski definition) is 1. The molecule has 0 saturated heterocycles. The van der Waals surface area contributed by atoms with Gasteiger partial charge in [0.25, 0.3) is 0 Å². The van der Waals surface area contributed by atoms with Crippen molar-refractivity contribution in [2.24, 2.45) is 5.10 Å². The Labute approximate surface area is 130 Å². The number of nitrogens with one attached hydrogen (secondary N) is 1. The lowest BCUT2D eigenvalue weighted by Gasteiger charge is -2.01. The van der Waals surface area contributed by atoms with Crippen molar-refractivity contribution < 1.29 is 0 Å². The maximum atomic E-state index is 5.89. The van der Waals surface area contributed by atoms with Crippen LogP contribution in [0.15, 0.2) is 53.9 Å². The van der Waals surface area contributed by atoms with Crippen LogP contribution >= 0.6 is 23.8 Å². The van der Waals surface area contributed by atoms with Gasteiger partial charge in [-0.15, -0.1) is 0 Å². The first-order valence-electron chi connectivity index (χ1n) is 6.12. The summed E-state index contributed by atoms with van der Waals surface area (Å²) in [5, 5.41) is 12.0. The van der Waals surface area contributed by atoms with Gasteiger partial charge in [-0.1, -0.05) is 17.7 Å². The van der Waals surface area contributed by atoms with Crippen LogP contribution in [0.4, 0.5) is 0 Å².